The first-order valence-electron chi connectivity index (χ1n) is 5.70. The maximum Gasteiger partial charge on any atom is 0.270 e. The van der Waals surface area contributed by atoms with Crippen molar-refractivity contribution in [2.24, 2.45) is 5.73 Å². The van der Waals surface area contributed by atoms with Crippen molar-refractivity contribution in [2.45, 2.75) is 6.42 Å². The van der Waals surface area contributed by atoms with Crippen molar-refractivity contribution in [1.82, 2.24) is 4.98 Å². The van der Waals surface area contributed by atoms with Crippen LogP contribution in [0.3, 0.4) is 0 Å². The number of non-ortho nitro benzene ring substituents is 1. The maximum atomic E-state index is 10.6. The Balaban J connectivity index is 2.24. The number of nitrogens with zero attached hydrogens (tertiary/aromatic N) is 2. The molecular weight excluding hydrogens is 232 g/mol. The van der Waals surface area contributed by atoms with Crippen molar-refractivity contribution >= 4 is 22.4 Å². The fourth-order valence-electron chi connectivity index (χ4n) is 1.64. The third-order valence-corrected chi connectivity index (χ3v) is 2.57. The minimum atomic E-state index is -0.410. The van der Waals surface area contributed by atoms with Gasteiger partial charge >= 0.3 is 0 Å². The number of pyridine rings is 1. The summed E-state index contributed by atoms with van der Waals surface area (Å²) < 4.78 is 0. The molecule has 0 saturated carbocycles. The Labute approximate surface area is 104 Å². The number of nitrogens with two attached hydrogens (primary N) is 1. The number of fused-ring (bicyclic) bond motifs is 1. The molecule has 0 aliphatic carbocycles. The van der Waals surface area contributed by atoms with Crippen molar-refractivity contribution < 1.29 is 4.92 Å². The number of aromatic nitrogens is 1. The quantitative estimate of drug-likeness (QED) is 0.477. The smallest absolute Gasteiger partial charge is 0.270 e. The van der Waals surface area contributed by atoms with Gasteiger partial charge in [-0.05, 0) is 31.2 Å². The van der Waals surface area contributed by atoms with Crippen molar-refractivity contribution in [3.63, 3.8) is 0 Å². The lowest BCUT2D eigenvalue weighted by molar-refractivity contribution is -0.384. The molecule has 0 aliphatic heterocycles. The summed E-state index contributed by atoms with van der Waals surface area (Å²) in [5.74, 6) is 0.754. The lowest BCUT2D eigenvalue weighted by Crippen LogP contribution is -2.09. The number of benzene rings is 1. The Morgan fingerprint density at radius 3 is 2.89 bits per heavy atom. The van der Waals surface area contributed by atoms with E-state index in [0.29, 0.717) is 6.54 Å². The van der Waals surface area contributed by atoms with Crippen LogP contribution in [0.2, 0.25) is 0 Å². The van der Waals surface area contributed by atoms with E-state index in [1.54, 1.807) is 6.07 Å². The molecule has 18 heavy (non-hydrogen) atoms. The third kappa shape index (κ3) is 2.72. The van der Waals surface area contributed by atoms with E-state index in [1.807, 2.05) is 12.1 Å². The minimum Gasteiger partial charge on any atom is -0.370 e. The molecule has 3 N–H and O–H groups in total. The number of rotatable bonds is 5. The number of hydrogen-bond donors (Lipinski definition) is 2. The van der Waals surface area contributed by atoms with Gasteiger partial charge in [0.05, 0.1) is 10.4 Å². The molecule has 0 saturated heterocycles. The third-order valence-electron chi connectivity index (χ3n) is 2.57. The van der Waals surface area contributed by atoms with Gasteiger partial charge < -0.3 is 11.1 Å². The first kappa shape index (κ1) is 12.3. The van der Waals surface area contributed by atoms with E-state index < -0.39 is 4.92 Å². The number of hydrogen-bond acceptors (Lipinski definition) is 5. The molecule has 0 bridgehead atoms. The van der Waals surface area contributed by atoms with Crippen LogP contribution < -0.4 is 11.1 Å². The van der Waals surface area contributed by atoms with E-state index in [-0.39, 0.29) is 5.69 Å². The van der Waals surface area contributed by atoms with Gasteiger partial charge in [-0.15, -0.1) is 0 Å². The normalized spacial score (nSPS) is 10.5. The standard InChI is InChI=1S/C12H14N4O2/c13-6-1-7-14-12-5-2-9-8-10(16(17)18)3-4-11(9)15-12/h2-5,8H,1,6-7,13H2,(H,14,15). The number of nitro benzene ring substituents is 1. The van der Waals surface area contributed by atoms with E-state index >= 15 is 0 Å². The first-order chi connectivity index (χ1) is 8.70. The lowest BCUT2D eigenvalue weighted by Gasteiger charge is -2.05. The fraction of sp³-hybridized carbons (Fsp3) is 0.250. The zero-order valence-corrected chi connectivity index (χ0v) is 9.80. The molecule has 6 nitrogen and oxygen atoms in total. The van der Waals surface area contributed by atoms with Crippen LogP contribution in [-0.4, -0.2) is 23.0 Å². The summed E-state index contributed by atoms with van der Waals surface area (Å²) in [5, 5.41) is 14.6. The molecule has 1 heterocycles. The Bertz CT molecular complexity index is 571. The van der Waals surface area contributed by atoms with Crippen molar-refractivity contribution in [3.8, 4) is 0 Å². The molecule has 2 aromatic rings. The molecule has 0 radical (unpaired) electrons. The highest BCUT2D eigenvalue weighted by Crippen LogP contribution is 2.20. The summed E-state index contributed by atoms with van der Waals surface area (Å²) >= 11 is 0. The van der Waals surface area contributed by atoms with Crippen LogP contribution in [-0.2, 0) is 0 Å². The Morgan fingerprint density at radius 1 is 1.33 bits per heavy atom. The molecule has 0 aliphatic rings. The minimum absolute atomic E-state index is 0.0770. The van der Waals surface area contributed by atoms with Gasteiger partial charge in [-0.25, -0.2) is 4.98 Å². The van der Waals surface area contributed by atoms with Crippen LogP contribution in [0.15, 0.2) is 30.3 Å². The van der Waals surface area contributed by atoms with Crippen LogP contribution in [0.5, 0.6) is 0 Å². The SMILES string of the molecule is NCCCNc1ccc2cc([N+](=O)[O-])ccc2n1. The van der Waals surface area contributed by atoms with Gasteiger partial charge in [-0.2, -0.15) is 0 Å². The average Bonchev–Trinajstić information content (AvgIpc) is 2.38. The summed E-state index contributed by atoms with van der Waals surface area (Å²) in [4.78, 5) is 14.6. The molecule has 1 aromatic carbocycles. The van der Waals surface area contributed by atoms with Crippen LogP contribution >= 0.6 is 0 Å². The molecule has 0 amide bonds. The average molecular weight is 246 g/mol. The van der Waals surface area contributed by atoms with E-state index in [2.05, 4.69) is 10.3 Å². The fourth-order valence-corrected chi connectivity index (χ4v) is 1.64. The molecule has 6 heteroatoms. The second kappa shape index (κ2) is 5.42. The summed E-state index contributed by atoms with van der Waals surface area (Å²) in [6, 6.07) is 8.26. The van der Waals surface area contributed by atoms with Gasteiger partial charge in [-0.3, -0.25) is 10.1 Å². The Morgan fingerprint density at radius 2 is 2.17 bits per heavy atom. The van der Waals surface area contributed by atoms with Crippen molar-refractivity contribution in [1.29, 1.82) is 0 Å². The molecule has 94 valence electrons. The van der Waals surface area contributed by atoms with Gasteiger partial charge in [0.1, 0.15) is 5.82 Å². The predicted octanol–water partition coefficient (Wildman–Crippen LogP) is 1.90. The molecule has 1 aromatic heterocycles. The predicted molar refractivity (Wildman–Crippen MR) is 70.6 cm³/mol. The Hall–Kier alpha value is -2.21. The van der Waals surface area contributed by atoms with Gasteiger partial charge in [0.2, 0.25) is 0 Å². The van der Waals surface area contributed by atoms with E-state index in [0.717, 1.165) is 29.7 Å². The van der Waals surface area contributed by atoms with Gasteiger partial charge in [-0.1, -0.05) is 0 Å². The Kier molecular flexibility index (Phi) is 3.69. The summed E-state index contributed by atoms with van der Waals surface area (Å²) in [5.41, 5.74) is 6.22. The largest absolute Gasteiger partial charge is 0.370 e. The van der Waals surface area contributed by atoms with Gasteiger partial charge in [0.25, 0.3) is 5.69 Å². The van der Waals surface area contributed by atoms with E-state index in [4.69, 9.17) is 5.73 Å². The van der Waals surface area contributed by atoms with E-state index in [1.165, 1.54) is 12.1 Å². The highest BCUT2D eigenvalue weighted by molar-refractivity contribution is 5.82. The second-order valence-corrected chi connectivity index (χ2v) is 3.90. The monoisotopic (exact) mass is 246 g/mol. The highest BCUT2D eigenvalue weighted by Gasteiger charge is 2.06. The van der Waals surface area contributed by atoms with Crippen LogP contribution in [0.25, 0.3) is 10.9 Å². The van der Waals surface area contributed by atoms with Crippen molar-refractivity contribution in [3.05, 3.63) is 40.4 Å². The van der Waals surface area contributed by atoms with Crippen LogP contribution in [0, 0.1) is 10.1 Å². The molecule has 0 unspecified atom stereocenters. The number of nitrogens with one attached hydrogen (secondary N) is 1. The maximum absolute atomic E-state index is 10.6. The highest BCUT2D eigenvalue weighted by atomic mass is 16.6. The van der Waals surface area contributed by atoms with Gasteiger partial charge in [0, 0.05) is 24.1 Å². The van der Waals surface area contributed by atoms with Crippen molar-refractivity contribution in [2.75, 3.05) is 18.4 Å². The van der Waals surface area contributed by atoms with Crippen LogP contribution in [0.1, 0.15) is 6.42 Å². The first-order valence-corrected chi connectivity index (χ1v) is 5.70. The summed E-state index contributed by atoms with van der Waals surface area (Å²) in [6.07, 6.45) is 0.875. The molecule has 0 fully saturated rings. The second-order valence-electron chi connectivity index (χ2n) is 3.90. The van der Waals surface area contributed by atoms with E-state index in [9.17, 15) is 10.1 Å². The number of nitro groups is 1. The number of anilines is 1. The summed E-state index contributed by atoms with van der Waals surface area (Å²) in [7, 11) is 0. The zero-order valence-electron chi connectivity index (χ0n) is 9.80. The molecule has 0 atom stereocenters. The van der Waals surface area contributed by atoms with Crippen LogP contribution in [0.4, 0.5) is 11.5 Å². The molecule has 2 rings (SSSR count). The zero-order chi connectivity index (χ0) is 13.0. The molecular formula is C12H14N4O2. The lowest BCUT2D eigenvalue weighted by atomic mass is 10.2. The topological polar surface area (TPSA) is 94.1 Å². The van der Waals surface area contributed by atoms with Gasteiger partial charge in [0.15, 0.2) is 0 Å². The molecule has 0 spiro atoms. The summed E-state index contributed by atoms with van der Waals surface area (Å²) in [6.45, 7) is 1.40.